The van der Waals surface area contributed by atoms with E-state index in [1.165, 1.54) is 0 Å². The van der Waals surface area contributed by atoms with Crippen molar-refractivity contribution >= 4 is 28.2 Å². The van der Waals surface area contributed by atoms with Crippen LogP contribution in [-0.4, -0.2) is 29.3 Å². The van der Waals surface area contributed by atoms with Crippen molar-refractivity contribution in [2.45, 2.75) is 6.92 Å². The van der Waals surface area contributed by atoms with Gasteiger partial charge >= 0.3 is 0 Å². The van der Waals surface area contributed by atoms with Crippen LogP contribution in [0.3, 0.4) is 0 Å². The number of hydrogen-bond acceptors (Lipinski definition) is 5. The van der Waals surface area contributed by atoms with E-state index in [4.69, 9.17) is 16.1 Å². The maximum atomic E-state index is 12.5. The SMILES string of the molecule is Cc1cc(-c2c(O)c3cc(-c4ccc(N(C)C)cc4)c(Cl)cc3[nH]c2=O)on1. The number of fused-ring (bicyclic) bond motifs is 1. The molecule has 0 bridgehead atoms. The summed E-state index contributed by atoms with van der Waals surface area (Å²) in [7, 11) is 3.94. The summed E-state index contributed by atoms with van der Waals surface area (Å²) in [4.78, 5) is 17.2. The van der Waals surface area contributed by atoms with Gasteiger partial charge in [0.1, 0.15) is 11.3 Å². The molecule has 0 aliphatic heterocycles. The Morgan fingerprint density at radius 3 is 2.46 bits per heavy atom. The van der Waals surface area contributed by atoms with E-state index in [9.17, 15) is 9.90 Å². The average molecular weight is 396 g/mol. The zero-order chi connectivity index (χ0) is 20.0. The van der Waals surface area contributed by atoms with Gasteiger partial charge in [-0.15, -0.1) is 0 Å². The second-order valence-electron chi connectivity index (χ2n) is 6.83. The number of benzene rings is 2. The third-order valence-corrected chi connectivity index (χ3v) is 4.96. The number of aromatic hydroxyl groups is 1. The second kappa shape index (κ2) is 6.73. The fraction of sp³-hybridized carbons (Fsp3) is 0.143. The second-order valence-corrected chi connectivity index (χ2v) is 7.24. The van der Waals surface area contributed by atoms with Crippen LogP contribution in [0.4, 0.5) is 5.69 Å². The summed E-state index contributed by atoms with van der Waals surface area (Å²) in [6, 6.07) is 12.9. The lowest BCUT2D eigenvalue weighted by Gasteiger charge is -2.14. The Kier molecular flexibility index (Phi) is 4.35. The van der Waals surface area contributed by atoms with Crippen LogP contribution >= 0.6 is 11.6 Å². The summed E-state index contributed by atoms with van der Waals surface area (Å²) in [5.74, 6) is 0.0442. The Balaban J connectivity index is 1.92. The van der Waals surface area contributed by atoms with Crippen LogP contribution in [0.15, 0.2) is 51.8 Å². The van der Waals surface area contributed by atoms with Gasteiger partial charge in [0.2, 0.25) is 0 Å². The van der Waals surface area contributed by atoms with Crippen LogP contribution in [0.5, 0.6) is 5.75 Å². The van der Waals surface area contributed by atoms with E-state index in [2.05, 4.69) is 10.1 Å². The molecule has 7 heteroatoms. The van der Waals surface area contributed by atoms with Crippen LogP contribution in [0, 0.1) is 6.92 Å². The molecular formula is C21H18ClN3O3. The van der Waals surface area contributed by atoms with Crippen molar-refractivity contribution in [1.82, 2.24) is 10.1 Å². The molecule has 0 atom stereocenters. The highest BCUT2D eigenvalue weighted by Gasteiger charge is 2.19. The Hall–Kier alpha value is -3.25. The van der Waals surface area contributed by atoms with Gasteiger partial charge in [-0.25, -0.2) is 0 Å². The summed E-state index contributed by atoms with van der Waals surface area (Å²) < 4.78 is 5.17. The van der Waals surface area contributed by atoms with Gasteiger partial charge in [0.25, 0.3) is 5.56 Å². The van der Waals surface area contributed by atoms with Crippen LogP contribution in [0.1, 0.15) is 5.69 Å². The minimum absolute atomic E-state index is 0.0457. The van der Waals surface area contributed by atoms with E-state index in [1.54, 1.807) is 25.1 Å². The number of aromatic amines is 1. The van der Waals surface area contributed by atoms with Crippen LogP contribution < -0.4 is 10.5 Å². The van der Waals surface area contributed by atoms with Crippen LogP contribution in [0.25, 0.3) is 33.4 Å². The van der Waals surface area contributed by atoms with Crippen molar-refractivity contribution in [3.63, 3.8) is 0 Å². The van der Waals surface area contributed by atoms with Crippen LogP contribution in [-0.2, 0) is 0 Å². The molecule has 0 unspecified atom stereocenters. The largest absolute Gasteiger partial charge is 0.506 e. The first-order valence-electron chi connectivity index (χ1n) is 8.65. The molecule has 0 radical (unpaired) electrons. The number of nitrogens with one attached hydrogen (secondary N) is 1. The van der Waals surface area contributed by atoms with Gasteiger partial charge in [-0.1, -0.05) is 28.9 Å². The minimum atomic E-state index is -0.472. The van der Waals surface area contributed by atoms with Gasteiger partial charge < -0.3 is 19.5 Å². The molecule has 0 amide bonds. The number of H-pyrrole nitrogens is 1. The van der Waals surface area contributed by atoms with Crippen molar-refractivity contribution in [3.05, 3.63) is 63.5 Å². The van der Waals surface area contributed by atoms with E-state index in [0.717, 1.165) is 16.8 Å². The topological polar surface area (TPSA) is 82.4 Å². The molecule has 0 spiro atoms. The molecule has 0 aliphatic carbocycles. The minimum Gasteiger partial charge on any atom is -0.506 e. The van der Waals surface area contributed by atoms with Gasteiger partial charge in [-0.2, -0.15) is 0 Å². The Labute approximate surface area is 166 Å². The Morgan fingerprint density at radius 1 is 1.14 bits per heavy atom. The number of halogens is 1. The maximum Gasteiger partial charge on any atom is 0.263 e. The molecule has 4 aromatic rings. The lowest BCUT2D eigenvalue weighted by molar-refractivity contribution is 0.421. The number of nitrogens with zero attached hydrogens (tertiary/aromatic N) is 2. The zero-order valence-corrected chi connectivity index (χ0v) is 16.3. The molecule has 2 aromatic carbocycles. The predicted octanol–water partition coefficient (Wildman–Crippen LogP) is 4.58. The van der Waals surface area contributed by atoms with Gasteiger partial charge in [0.15, 0.2) is 5.76 Å². The summed E-state index contributed by atoms with van der Waals surface area (Å²) in [6.07, 6.45) is 0. The van der Waals surface area contributed by atoms with Crippen molar-refractivity contribution in [3.8, 4) is 28.2 Å². The van der Waals surface area contributed by atoms with E-state index < -0.39 is 5.56 Å². The molecule has 28 heavy (non-hydrogen) atoms. The summed E-state index contributed by atoms with van der Waals surface area (Å²) >= 11 is 6.46. The summed E-state index contributed by atoms with van der Waals surface area (Å²) in [6.45, 7) is 1.74. The van der Waals surface area contributed by atoms with E-state index >= 15 is 0 Å². The van der Waals surface area contributed by atoms with Gasteiger partial charge in [-0.3, -0.25) is 4.79 Å². The van der Waals surface area contributed by atoms with E-state index in [1.807, 2.05) is 43.3 Å². The average Bonchev–Trinajstić information content (AvgIpc) is 3.07. The highest BCUT2D eigenvalue weighted by Crippen LogP contribution is 2.38. The Bertz CT molecular complexity index is 1240. The monoisotopic (exact) mass is 395 g/mol. The highest BCUT2D eigenvalue weighted by atomic mass is 35.5. The lowest BCUT2D eigenvalue weighted by atomic mass is 10.0. The molecule has 6 nitrogen and oxygen atoms in total. The highest BCUT2D eigenvalue weighted by molar-refractivity contribution is 6.34. The number of pyridine rings is 1. The molecule has 0 saturated carbocycles. The zero-order valence-electron chi connectivity index (χ0n) is 15.6. The first kappa shape index (κ1) is 18.1. The molecule has 0 aliphatic rings. The van der Waals surface area contributed by atoms with Gasteiger partial charge in [-0.05, 0) is 36.8 Å². The molecule has 142 valence electrons. The fourth-order valence-electron chi connectivity index (χ4n) is 3.17. The van der Waals surface area contributed by atoms with Crippen molar-refractivity contribution < 1.29 is 9.63 Å². The number of aromatic nitrogens is 2. The van der Waals surface area contributed by atoms with E-state index in [0.29, 0.717) is 21.6 Å². The first-order chi connectivity index (χ1) is 13.3. The van der Waals surface area contributed by atoms with Crippen molar-refractivity contribution in [2.75, 3.05) is 19.0 Å². The number of hydrogen-bond donors (Lipinski definition) is 2. The molecule has 0 fully saturated rings. The molecular weight excluding hydrogens is 378 g/mol. The number of aryl methyl sites for hydroxylation is 1. The molecule has 2 heterocycles. The van der Waals surface area contributed by atoms with E-state index in [-0.39, 0.29) is 17.1 Å². The smallest absolute Gasteiger partial charge is 0.263 e. The fourth-order valence-corrected chi connectivity index (χ4v) is 3.44. The van der Waals surface area contributed by atoms with Gasteiger partial charge in [0.05, 0.1) is 16.2 Å². The first-order valence-corrected chi connectivity index (χ1v) is 9.03. The van der Waals surface area contributed by atoms with Crippen molar-refractivity contribution in [2.24, 2.45) is 0 Å². The number of anilines is 1. The summed E-state index contributed by atoms with van der Waals surface area (Å²) in [5.41, 5.74) is 3.36. The lowest BCUT2D eigenvalue weighted by Crippen LogP contribution is -2.09. The third-order valence-electron chi connectivity index (χ3n) is 4.64. The standard InChI is InChI=1S/C21H18ClN3O3/c1-11-8-18(28-24-11)19-20(26)15-9-14(16(22)10-17(15)23-21(19)27)12-4-6-13(7-5-12)25(2)3/h4-10H,1-3H3,(H2,23,26,27). The van der Waals surface area contributed by atoms with Gasteiger partial charge in [0, 0.05) is 36.8 Å². The Morgan fingerprint density at radius 2 is 1.86 bits per heavy atom. The third kappa shape index (κ3) is 3.01. The predicted molar refractivity (Wildman–Crippen MR) is 111 cm³/mol. The van der Waals surface area contributed by atoms with Crippen LogP contribution in [0.2, 0.25) is 5.02 Å². The van der Waals surface area contributed by atoms with Crippen molar-refractivity contribution in [1.29, 1.82) is 0 Å². The quantitative estimate of drug-likeness (QED) is 0.530. The molecule has 2 N–H and O–H groups in total. The number of rotatable bonds is 3. The molecule has 4 rings (SSSR count). The normalized spacial score (nSPS) is 11.1. The summed E-state index contributed by atoms with van der Waals surface area (Å²) in [5, 5.41) is 15.6. The maximum absolute atomic E-state index is 12.5. The molecule has 0 saturated heterocycles. The molecule has 2 aromatic heterocycles.